The van der Waals surface area contributed by atoms with Crippen LogP contribution in [-0.2, 0) is 14.2 Å². The van der Waals surface area contributed by atoms with Crippen LogP contribution in [0.5, 0.6) is 5.75 Å². The maximum atomic E-state index is 15.2. The predicted molar refractivity (Wildman–Crippen MR) is 240 cm³/mol. The molecule has 0 aliphatic carbocycles. The summed E-state index contributed by atoms with van der Waals surface area (Å²) in [5.74, 6) is 6.61. The number of phenols is 1. The SMILES string of the molecule is CCOC(=O)NCCCC#Cc1ccc(F)c(C(OC2CCN(C)CC2)c2nc3ccc(F)cc3[nH]2)c1.CN1CCC(OC(c2nc3ccccc3[nH]2)c2cc(Cl)ccc2O)CC1. The number of aromatic nitrogens is 4. The maximum Gasteiger partial charge on any atom is 0.407 e. The number of carbonyl (C=O) groups excluding carboxylic acids is 1. The summed E-state index contributed by atoms with van der Waals surface area (Å²) in [5, 5.41) is 13.6. The van der Waals surface area contributed by atoms with Crippen molar-refractivity contribution in [2.75, 3.05) is 53.4 Å². The van der Waals surface area contributed by atoms with Gasteiger partial charge >= 0.3 is 6.09 Å². The van der Waals surface area contributed by atoms with Crippen molar-refractivity contribution >= 4 is 39.8 Å². The minimum Gasteiger partial charge on any atom is -0.508 e. The molecule has 4 heterocycles. The van der Waals surface area contributed by atoms with Crippen LogP contribution in [0.4, 0.5) is 13.6 Å². The number of halogens is 3. The van der Waals surface area contributed by atoms with E-state index >= 15 is 4.39 Å². The summed E-state index contributed by atoms with van der Waals surface area (Å²) in [5.41, 5.74) is 4.54. The minimum absolute atomic E-state index is 0.0628. The lowest BCUT2D eigenvalue weighted by molar-refractivity contribution is -0.0276. The Morgan fingerprint density at radius 1 is 0.841 bits per heavy atom. The van der Waals surface area contributed by atoms with Gasteiger partial charge in [0.05, 0.1) is 40.9 Å². The van der Waals surface area contributed by atoms with Crippen molar-refractivity contribution in [3.63, 3.8) is 0 Å². The van der Waals surface area contributed by atoms with E-state index < -0.39 is 24.1 Å². The van der Waals surface area contributed by atoms with Crippen LogP contribution < -0.4 is 5.32 Å². The van der Waals surface area contributed by atoms with E-state index in [2.05, 4.69) is 56.0 Å². The summed E-state index contributed by atoms with van der Waals surface area (Å²) < 4.78 is 46.7. The van der Waals surface area contributed by atoms with Gasteiger partial charge in [0.1, 0.15) is 41.2 Å². The molecule has 0 bridgehead atoms. The highest BCUT2D eigenvalue weighted by atomic mass is 35.5. The van der Waals surface area contributed by atoms with Crippen molar-refractivity contribution in [2.45, 2.75) is 69.9 Å². The van der Waals surface area contributed by atoms with E-state index in [-0.39, 0.29) is 23.8 Å². The third-order valence-corrected chi connectivity index (χ3v) is 11.4. The number of para-hydroxylation sites is 2. The molecule has 2 atom stereocenters. The Bertz CT molecular complexity index is 2490. The zero-order chi connectivity index (χ0) is 44.3. The van der Waals surface area contributed by atoms with Gasteiger partial charge in [-0.25, -0.2) is 23.5 Å². The molecule has 8 rings (SSSR count). The van der Waals surface area contributed by atoms with Gasteiger partial charge in [0.15, 0.2) is 0 Å². The molecule has 4 aromatic carbocycles. The average molecular weight is 882 g/mol. The Labute approximate surface area is 371 Å². The molecule has 2 aliphatic rings. The van der Waals surface area contributed by atoms with E-state index in [1.54, 1.807) is 43.3 Å². The number of hydrogen-bond donors (Lipinski definition) is 4. The summed E-state index contributed by atoms with van der Waals surface area (Å²) in [6.45, 7) is 6.31. The van der Waals surface area contributed by atoms with E-state index in [9.17, 15) is 14.3 Å². The van der Waals surface area contributed by atoms with Gasteiger partial charge in [-0.1, -0.05) is 35.6 Å². The number of aromatic amines is 2. The second-order valence-corrected chi connectivity index (χ2v) is 16.4. The number of nitrogens with zero attached hydrogens (tertiary/aromatic N) is 4. The number of H-pyrrole nitrogens is 2. The normalized spacial score (nSPS) is 16.2. The number of nitrogens with one attached hydrogen (secondary N) is 3. The smallest absolute Gasteiger partial charge is 0.407 e. The third-order valence-electron chi connectivity index (χ3n) is 11.2. The Kier molecular flexibility index (Phi) is 15.6. The molecule has 332 valence electrons. The van der Waals surface area contributed by atoms with Crippen LogP contribution in [0.2, 0.25) is 5.02 Å². The van der Waals surface area contributed by atoms with Gasteiger partial charge in [-0.05, 0) is 120 Å². The number of hydrogen-bond acceptors (Lipinski definition) is 9. The minimum atomic E-state index is -0.792. The van der Waals surface area contributed by atoms with Crippen LogP contribution in [0.3, 0.4) is 0 Å². The fourth-order valence-corrected chi connectivity index (χ4v) is 7.87. The summed E-state index contributed by atoms with van der Waals surface area (Å²) in [7, 11) is 4.19. The number of phenolic OH excluding ortho intramolecular Hbond substituents is 1. The van der Waals surface area contributed by atoms with Gasteiger partial charge < -0.3 is 44.4 Å². The first kappa shape index (κ1) is 45.5. The number of ether oxygens (including phenoxy) is 3. The van der Waals surface area contributed by atoms with Gasteiger partial charge in [-0.3, -0.25) is 0 Å². The van der Waals surface area contributed by atoms with Crippen LogP contribution in [0.15, 0.2) is 78.9 Å². The molecule has 0 saturated carbocycles. The molecular formula is C48H54ClF2N7O5. The number of aromatic hydroxyl groups is 1. The van der Waals surface area contributed by atoms with Crippen molar-refractivity contribution in [3.05, 3.63) is 124 Å². The lowest BCUT2D eigenvalue weighted by Gasteiger charge is -2.31. The number of fused-ring (bicyclic) bond motifs is 2. The Balaban J connectivity index is 0.000000200. The monoisotopic (exact) mass is 881 g/mol. The second kappa shape index (κ2) is 21.7. The standard InChI is InChI=1S/C28H32F2N4O3.C20H22ClN3O2/c1-3-36-28(35)31-14-6-4-5-7-19-8-10-23(30)22(17-19)26(37-21-12-15-34(2)16-13-21)27-32-24-11-9-20(29)18-25(24)33-27;1-24-10-8-14(9-11-24)26-19(15-12-13(21)6-7-18(15)25)20-22-16-4-2-3-5-17(16)23-20/h8-11,17-18,21,26H,3-4,6,12-16H2,1-2H3,(H,31,35)(H,32,33);2-7,12,14,19,25H,8-11H2,1H3,(H,22,23). The van der Waals surface area contributed by atoms with Gasteiger partial charge in [-0.2, -0.15) is 0 Å². The Morgan fingerprint density at radius 2 is 1.48 bits per heavy atom. The molecule has 2 aliphatic heterocycles. The predicted octanol–water partition coefficient (Wildman–Crippen LogP) is 9.04. The lowest BCUT2D eigenvalue weighted by atomic mass is 10.0. The number of benzene rings is 4. The molecule has 4 N–H and O–H groups in total. The maximum absolute atomic E-state index is 15.2. The van der Waals surface area contributed by atoms with Crippen LogP contribution in [0, 0.1) is 23.5 Å². The molecule has 12 nitrogen and oxygen atoms in total. The fourth-order valence-electron chi connectivity index (χ4n) is 7.69. The van der Waals surface area contributed by atoms with Crippen LogP contribution >= 0.6 is 11.6 Å². The van der Waals surface area contributed by atoms with E-state index in [0.29, 0.717) is 70.4 Å². The molecular weight excluding hydrogens is 828 g/mol. The summed E-state index contributed by atoms with van der Waals surface area (Å²) in [6.07, 6.45) is 3.10. The van der Waals surface area contributed by atoms with Gasteiger partial charge in [-0.15, -0.1) is 0 Å². The number of unbranched alkanes of at least 4 members (excludes halogenated alkanes) is 1. The first-order chi connectivity index (χ1) is 30.5. The zero-order valence-corrected chi connectivity index (χ0v) is 36.6. The van der Waals surface area contributed by atoms with Crippen LogP contribution in [0.25, 0.3) is 22.1 Å². The first-order valence-electron chi connectivity index (χ1n) is 21.5. The number of rotatable bonds is 12. The van der Waals surface area contributed by atoms with Crippen molar-refractivity contribution in [1.29, 1.82) is 0 Å². The largest absolute Gasteiger partial charge is 0.508 e. The van der Waals surface area contributed by atoms with Gasteiger partial charge in [0, 0.05) is 60.9 Å². The molecule has 0 spiro atoms. The van der Waals surface area contributed by atoms with E-state index in [4.69, 9.17) is 30.8 Å². The quantitative estimate of drug-likeness (QED) is 0.0700. The van der Waals surface area contributed by atoms with Crippen molar-refractivity contribution < 1.29 is 32.9 Å². The van der Waals surface area contributed by atoms with Crippen LogP contribution in [0.1, 0.15) is 86.0 Å². The fraction of sp³-hybridized carbons (Fsp3) is 0.396. The highest BCUT2D eigenvalue weighted by Crippen LogP contribution is 2.36. The number of imidazole rings is 2. The molecule has 15 heteroatoms. The number of likely N-dealkylation sites (tertiary alicyclic amines) is 2. The van der Waals surface area contributed by atoms with E-state index in [1.807, 2.05) is 24.3 Å². The number of amides is 1. The Morgan fingerprint density at radius 3 is 2.14 bits per heavy atom. The second-order valence-electron chi connectivity index (χ2n) is 16.0. The summed E-state index contributed by atoms with van der Waals surface area (Å²) >= 11 is 6.18. The zero-order valence-electron chi connectivity index (χ0n) is 35.8. The van der Waals surface area contributed by atoms with Crippen molar-refractivity contribution in [3.8, 4) is 17.6 Å². The van der Waals surface area contributed by atoms with Crippen molar-refractivity contribution in [2.24, 2.45) is 0 Å². The first-order valence-corrected chi connectivity index (χ1v) is 21.9. The molecule has 1 amide bonds. The van der Waals surface area contributed by atoms with Gasteiger partial charge in [0.25, 0.3) is 0 Å². The highest BCUT2D eigenvalue weighted by molar-refractivity contribution is 6.30. The summed E-state index contributed by atoms with van der Waals surface area (Å²) in [4.78, 5) is 31.6. The molecule has 0 radical (unpaired) electrons. The molecule has 2 fully saturated rings. The number of piperidine rings is 2. The average Bonchev–Trinajstić information content (AvgIpc) is 3.91. The highest BCUT2D eigenvalue weighted by Gasteiger charge is 2.30. The van der Waals surface area contributed by atoms with Gasteiger partial charge in [0.2, 0.25) is 0 Å². The summed E-state index contributed by atoms with van der Waals surface area (Å²) in [6, 6.07) is 21.9. The number of alkyl carbamates (subject to hydrolysis) is 1. The van der Waals surface area contributed by atoms with Crippen molar-refractivity contribution in [1.82, 2.24) is 35.1 Å². The number of carbonyl (C=O) groups is 1. The molecule has 63 heavy (non-hydrogen) atoms. The third kappa shape index (κ3) is 12.3. The van der Waals surface area contributed by atoms with E-state index in [0.717, 1.165) is 62.9 Å². The van der Waals surface area contributed by atoms with Crippen LogP contribution in [-0.4, -0.2) is 107 Å². The lowest BCUT2D eigenvalue weighted by Crippen LogP contribution is -2.35. The van der Waals surface area contributed by atoms with E-state index in [1.165, 1.54) is 18.2 Å². The molecule has 2 saturated heterocycles. The topological polar surface area (TPSA) is 141 Å². The molecule has 2 unspecified atom stereocenters. The molecule has 6 aromatic rings. The Hall–Kier alpha value is -5.56. The molecule has 2 aromatic heterocycles.